The molecule has 1 rings (SSSR count). The zero-order chi connectivity index (χ0) is 12.0. The molecule has 2 unspecified atom stereocenters. The van der Waals surface area contributed by atoms with E-state index in [1.54, 1.807) is 18.2 Å². The molecule has 0 aliphatic heterocycles. The first-order chi connectivity index (χ1) is 7.65. The molecule has 0 saturated carbocycles. The maximum atomic E-state index is 13.3. The molecule has 0 spiro atoms. The third-order valence-electron chi connectivity index (χ3n) is 2.51. The second kappa shape index (κ2) is 6.76. The lowest BCUT2D eigenvalue weighted by Crippen LogP contribution is -2.19. The van der Waals surface area contributed by atoms with E-state index in [1.165, 1.54) is 6.07 Å². The van der Waals surface area contributed by atoms with Crippen LogP contribution in [0.5, 0.6) is 0 Å². The molecule has 0 radical (unpaired) electrons. The van der Waals surface area contributed by atoms with Crippen LogP contribution in [0, 0.1) is 5.82 Å². The van der Waals surface area contributed by atoms with Gasteiger partial charge in [-0.1, -0.05) is 19.1 Å². The quantitative estimate of drug-likeness (QED) is 0.834. The van der Waals surface area contributed by atoms with Gasteiger partial charge in [-0.25, -0.2) is 4.39 Å². The lowest BCUT2D eigenvalue weighted by Gasteiger charge is -2.08. The van der Waals surface area contributed by atoms with Crippen LogP contribution in [0.1, 0.15) is 26.2 Å². The van der Waals surface area contributed by atoms with Crippen molar-refractivity contribution in [2.75, 3.05) is 5.75 Å². The van der Waals surface area contributed by atoms with Crippen molar-refractivity contribution in [1.82, 2.24) is 0 Å². The van der Waals surface area contributed by atoms with E-state index in [-0.39, 0.29) is 11.9 Å². The highest BCUT2D eigenvalue weighted by molar-refractivity contribution is 7.85. The van der Waals surface area contributed by atoms with Crippen LogP contribution in [-0.2, 0) is 10.8 Å². The van der Waals surface area contributed by atoms with Gasteiger partial charge in [0.2, 0.25) is 0 Å². The minimum absolute atomic E-state index is 0.164. The molecular weight excluding hydrogens is 225 g/mol. The van der Waals surface area contributed by atoms with Crippen molar-refractivity contribution in [2.24, 2.45) is 5.73 Å². The van der Waals surface area contributed by atoms with Crippen molar-refractivity contribution in [1.29, 1.82) is 0 Å². The first kappa shape index (κ1) is 13.3. The minimum atomic E-state index is -1.24. The zero-order valence-corrected chi connectivity index (χ0v) is 10.3. The Morgan fingerprint density at radius 2 is 2.12 bits per heavy atom. The lowest BCUT2D eigenvalue weighted by molar-refractivity contribution is 0.581. The average molecular weight is 243 g/mol. The van der Waals surface area contributed by atoms with E-state index < -0.39 is 10.8 Å². The fourth-order valence-corrected chi connectivity index (χ4v) is 2.58. The summed E-state index contributed by atoms with van der Waals surface area (Å²) in [5.41, 5.74) is 5.75. The highest BCUT2D eigenvalue weighted by Crippen LogP contribution is 2.13. The van der Waals surface area contributed by atoms with Gasteiger partial charge in [0.1, 0.15) is 5.82 Å². The molecule has 0 bridgehead atoms. The Bertz CT molecular complexity index is 357. The van der Waals surface area contributed by atoms with Crippen LogP contribution >= 0.6 is 0 Å². The van der Waals surface area contributed by atoms with Crippen molar-refractivity contribution >= 4 is 10.8 Å². The molecule has 16 heavy (non-hydrogen) atoms. The van der Waals surface area contributed by atoms with Gasteiger partial charge < -0.3 is 5.73 Å². The van der Waals surface area contributed by atoms with Crippen molar-refractivity contribution in [3.63, 3.8) is 0 Å². The Labute approximate surface area is 98.5 Å². The summed E-state index contributed by atoms with van der Waals surface area (Å²) in [6, 6.07) is 6.38. The maximum Gasteiger partial charge on any atom is 0.139 e. The smallest absolute Gasteiger partial charge is 0.139 e. The van der Waals surface area contributed by atoms with Crippen molar-refractivity contribution in [2.45, 2.75) is 37.1 Å². The van der Waals surface area contributed by atoms with Crippen LogP contribution in [-0.4, -0.2) is 16.0 Å². The van der Waals surface area contributed by atoms with Gasteiger partial charge >= 0.3 is 0 Å². The Morgan fingerprint density at radius 1 is 1.44 bits per heavy atom. The van der Waals surface area contributed by atoms with Crippen molar-refractivity contribution in [3.05, 3.63) is 30.1 Å². The van der Waals surface area contributed by atoms with Crippen molar-refractivity contribution in [3.8, 4) is 0 Å². The number of hydrogen-bond acceptors (Lipinski definition) is 2. The van der Waals surface area contributed by atoms with Crippen molar-refractivity contribution < 1.29 is 8.60 Å². The molecule has 0 saturated heterocycles. The SMILES string of the molecule is CCC(N)CCCS(=O)c1ccccc1F. The number of hydrogen-bond donors (Lipinski definition) is 1. The summed E-state index contributed by atoms with van der Waals surface area (Å²) >= 11 is 0. The minimum Gasteiger partial charge on any atom is -0.328 e. The van der Waals surface area contributed by atoms with Gasteiger partial charge in [0.25, 0.3) is 0 Å². The van der Waals surface area contributed by atoms with Crippen LogP contribution < -0.4 is 5.73 Å². The molecule has 0 aromatic heterocycles. The van der Waals surface area contributed by atoms with Crippen LogP contribution in [0.15, 0.2) is 29.2 Å². The maximum absolute atomic E-state index is 13.3. The third kappa shape index (κ3) is 4.02. The van der Waals surface area contributed by atoms with E-state index in [2.05, 4.69) is 0 Å². The van der Waals surface area contributed by atoms with Crippen LogP contribution in [0.2, 0.25) is 0 Å². The second-order valence-electron chi connectivity index (χ2n) is 3.79. The predicted octanol–water partition coefficient (Wildman–Crippen LogP) is 2.45. The topological polar surface area (TPSA) is 43.1 Å². The molecule has 0 fully saturated rings. The number of rotatable bonds is 6. The predicted molar refractivity (Wildman–Crippen MR) is 65.2 cm³/mol. The number of nitrogens with two attached hydrogens (primary N) is 1. The van der Waals surface area contributed by atoms with E-state index in [0.29, 0.717) is 10.6 Å². The summed E-state index contributed by atoms with van der Waals surface area (Å²) in [7, 11) is -1.24. The summed E-state index contributed by atoms with van der Waals surface area (Å²) in [5, 5.41) is 0. The van der Waals surface area contributed by atoms with Gasteiger partial charge in [-0.2, -0.15) is 0 Å². The summed E-state index contributed by atoms with van der Waals surface area (Å²) in [4.78, 5) is 0.299. The standard InChI is InChI=1S/C12H18FNOS/c1-2-10(14)6-5-9-16(15)12-8-4-3-7-11(12)13/h3-4,7-8,10H,2,5-6,9,14H2,1H3. The Hall–Kier alpha value is -0.740. The number of halogens is 1. The first-order valence-electron chi connectivity index (χ1n) is 5.53. The molecule has 4 heteroatoms. The van der Waals surface area contributed by atoms with Crippen LogP contribution in [0.3, 0.4) is 0 Å². The molecule has 90 valence electrons. The van der Waals surface area contributed by atoms with E-state index in [9.17, 15) is 8.60 Å². The normalized spacial score (nSPS) is 14.7. The fraction of sp³-hybridized carbons (Fsp3) is 0.500. The molecule has 2 atom stereocenters. The van der Waals surface area contributed by atoms with E-state index in [0.717, 1.165) is 19.3 Å². The first-order valence-corrected chi connectivity index (χ1v) is 6.85. The highest BCUT2D eigenvalue weighted by atomic mass is 32.2. The van der Waals surface area contributed by atoms with Gasteiger partial charge in [0.15, 0.2) is 0 Å². The summed E-state index contributed by atoms with van der Waals surface area (Å²) in [6.45, 7) is 2.03. The summed E-state index contributed by atoms with van der Waals surface area (Å²) in [6.07, 6.45) is 2.54. The van der Waals surface area contributed by atoms with Gasteiger partial charge in [0, 0.05) is 11.8 Å². The second-order valence-corrected chi connectivity index (χ2v) is 5.33. The number of benzene rings is 1. The fourth-order valence-electron chi connectivity index (χ4n) is 1.42. The molecule has 2 nitrogen and oxygen atoms in total. The largest absolute Gasteiger partial charge is 0.328 e. The summed E-state index contributed by atoms with van der Waals surface area (Å²) < 4.78 is 25.0. The molecule has 0 aliphatic rings. The average Bonchev–Trinajstić information content (AvgIpc) is 2.29. The van der Waals surface area contributed by atoms with Crippen LogP contribution in [0.25, 0.3) is 0 Å². The molecule has 2 N–H and O–H groups in total. The molecular formula is C12H18FNOS. The zero-order valence-electron chi connectivity index (χ0n) is 9.49. The van der Waals surface area contributed by atoms with Gasteiger partial charge in [-0.3, -0.25) is 4.21 Å². The van der Waals surface area contributed by atoms with Gasteiger partial charge in [-0.15, -0.1) is 0 Å². The molecule has 0 aliphatic carbocycles. The Kier molecular flexibility index (Phi) is 5.63. The molecule has 1 aromatic rings. The Morgan fingerprint density at radius 3 is 2.75 bits per heavy atom. The van der Waals surface area contributed by atoms with Gasteiger partial charge in [-0.05, 0) is 31.4 Å². The molecule has 0 heterocycles. The van der Waals surface area contributed by atoms with Crippen LogP contribution in [0.4, 0.5) is 4.39 Å². The monoisotopic (exact) mass is 243 g/mol. The van der Waals surface area contributed by atoms with E-state index in [4.69, 9.17) is 5.73 Å². The van der Waals surface area contributed by atoms with Gasteiger partial charge in [0.05, 0.1) is 15.7 Å². The lowest BCUT2D eigenvalue weighted by atomic mass is 10.1. The Balaban J connectivity index is 2.44. The van der Waals surface area contributed by atoms with E-state index >= 15 is 0 Å². The third-order valence-corrected chi connectivity index (χ3v) is 3.99. The van der Waals surface area contributed by atoms with E-state index in [1.807, 2.05) is 6.92 Å². The molecule has 0 amide bonds. The highest BCUT2D eigenvalue weighted by Gasteiger charge is 2.09. The molecule has 1 aromatic carbocycles. The summed E-state index contributed by atoms with van der Waals surface area (Å²) in [5.74, 6) is 0.0925.